The Bertz CT molecular complexity index is 330. The lowest BCUT2D eigenvalue weighted by Gasteiger charge is -2.19. The maximum Gasteiger partial charge on any atom is -0.00157 e. The van der Waals surface area contributed by atoms with E-state index >= 15 is 0 Å². The van der Waals surface area contributed by atoms with Crippen LogP contribution in [0.3, 0.4) is 0 Å². The second-order valence-corrected chi connectivity index (χ2v) is 4.97. The Balaban J connectivity index is 2.42. The first kappa shape index (κ1) is 14.2. The fourth-order valence-electron chi connectivity index (χ4n) is 2.31. The van der Waals surface area contributed by atoms with Crippen LogP contribution < -0.4 is 0 Å². The molecule has 1 aromatic carbocycles. The van der Waals surface area contributed by atoms with Crippen LogP contribution in [-0.4, -0.2) is 24.5 Å². The van der Waals surface area contributed by atoms with Gasteiger partial charge in [0, 0.05) is 0 Å². The van der Waals surface area contributed by atoms with Crippen molar-refractivity contribution in [3.63, 3.8) is 0 Å². The van der Waals surface area contributed by atoms with Crippen LogP contribution in [0, 0.1) is 13.8 Å². The predicted molar refractivity (Wildman–Crippen MR) is 76.6 cm³/mol. The van der Waals surface area contributed by atoms with Crippen molar-refractivity contribution < 1.29 is 0 Å². The van der Waals surface area contributed by atoms with Crippen molar-refractivity contribution in [3.8, 4) is 0 Å². The van der Waals surface area contributed by atoms with Gasteiger partial charge in [-0.05, 0) is 63.9 Å². The van der Waals surface area contributed by atoms with E-state index < -0.39 is 0 Å². The van der Waals surface area contributed by atoms with Crippen molar-refractivity contribution >= 4 is 0 Å². The Labute approximate surface area is 107 Å². The summed E-state index contributed by atoms with van der Waals surface area (Å²) in [5.41, 5.74) is 4.35. The van der Waals surface area contributed by atoms with E-state index in [1.54, 1.807) is 0 Å². The Kier molecular flexibility index (Phi) is 6.28. The highest BCUT2D eigenvalue weighted by Gasteiger charge is 2.02. The summed E-state index contributed by atoms with van der Waals surface area (Å²) in [5, 5.41) is 0. The molecular weight excluding hydrogens is 206 g/mol. The molecule has 0 amide bonds. The quantitative estimate of drug-likeness (QED) is 0.689. The van der Waals surface area contributed by atoms with E-state index in [4.69, 9.17) is 0 Å². The highest BCUT2D eigenvalue weighted by molar-refractivity contribution is 5.30. The fourth-order valence-corrected chi connectivity index (χ4v) is 2.31. The van der Waals surface area contributed by atoms with Gasteiger partial charge in [-0.15, -0.1) is 0 Å². The third-order valence-corrected chi connectivity index (χ3v) is 3.41. The third kappa shape index (κ3) is 4.91. The molecule has 17 heavy (non-hydrogen) atoms. The molecule has 1 nitrogen and oxygen atoms in total. The standard InChI is InChI=1S/C16H27N/c1-5-11-17(6-2)12-7-8-16-13-14(3)9-10-15(16)4/h9-10,13H,5-8,11-12H2,1-4H3. The largest absolute Gasteiger partial charge is 0.304 e. The van der Waals surface area contributed by atoms with E-state index in [1.807, 2.05) is 0 Å². The average molecular weight is 233 g/mol. The molecule has 0 bridgehead atoms. The Hall–Kier alpha value is -0.820. The molecule has 0 aliphatic rings. The maximum atomic E-state index is 2.55. The van der Waals surface area contributed by atoms with Crippen molar-refractivity contribution in [2.45, 2.75) is 47.0 Å². The van der Waals surface area contributed by atoms with E-state index in [0.29, 0.717) is 0 Å². The first-order valence-electron chi connectivity index (χ1n) is 6.95. The Morgan fingerprint density at radius 1 is 1.06 bits per heavy atom. The summed E-state index contributed by atoms with van der Waals surface area (Å²) in [7, 11) is 0. The summed E-state index contributed by atoms with van der Waals surface area (Å²) in [5.74, 6) is 0. The molecule has 0 saturated heterocycles. The molecule has 0 aromatic heterocycles. The van der Waals surface area contributed by atoms with E-state index in [2.05, 4.69) is 50.8 Å². The average Bonchev–Trinajstić information content (AvgIpc) is 2.32. The molecule has 0 fully saturated rings. The van der Waals surface area contributed by atoms with Gasteiger partial charge in [-0.3, -0.25) is 0 Å². The van der Waals surface area contributed by atoms with Gasteiger partial charge in [-0.2, -0.15) is 0 Å². The summed E-state index contributed by atoms with van der Waals surface area (Å²) in [4.78, 5) is 2.55. The second-order valence-electron chi connectivity index (χ2n) is 4.97. The van der Waals surface area contributed by atoms with Gasteiger partial charge >= 0.3 is 0 Å². The van der Waals surface area contributed by atoms with Gasteiger partial charge < -0.3 is 4.90 Å². The van der Waals surface area contributed by atoms with E-state index in [1.165, 1.54) is 55.6 Å². The van der Waals surface area contributed by atoms with E-state index in [0.717, 1.165) is 0 Å². The number of benzene rings is 1. The van der Waals surface area contributed by atoms with Crippen LogP contribution in [0.4, 0.5) is 0 Å². The topological polar surface area (TPSA) is 3.24 Å². The summed E-state index contributed by atoms with van der Waals surface area (Å²) in [6, 6.07) is 6.79. The van der Waals surface area contributed by atoms with Gasteiger partial charge in [-0.25, -0.2) is 0 Å². The summed E-state index contributed by atoms with van der Waals surface area (Å²) < 4.78 is 0. The van der Waals surface area contributed by atoms with Crippen LogP contribution in [0.2, 0.25) is 0 Å². The number of hydrogen-bond acceptors (Lipinski definition) is 1. The molecule has 0 N–H and O–H groups in total. The lowest BCUT2D eigenvalue weighted by atomic mass is 10.0. The van der Waals surface area contributed by atoms with Crippen molar-refractivity contribution in [2.24, 2.45) is 0 Å². The molecule has 0 saturated carbocycles. The fraction of sp³-hybridized carbons (Fsp3) is 0.625. The number of aryl methyl sites for hydroxylation is 3. The number of rotatable bonds is 7. The molecule has 96 valence electrons. The summed E-state index contributed by atoms with van der Waals surface area (Å²) in [6.45, 7) is 12.6. The van der Waals surface area contributed by atoms with Crippen LogP contribution in [0.15, 0.2) is 18.2 Å². The van der Waals surface area contributed by atoms with E-state index in [9.17, 15) is 0 Å². The Morgan fingerprint density at radius 3 is 2.47 bits per heavy atom. The minimum Gasteiger partial charge on any atom is -0.304 e. The van der Waals surface area contributed by atoms with Crippen LogP contribution >= 0.6 is 0 Å². The van der Waals surface area contributed by atoms with Gasteiger partial charge in [0.2, 0.25) is 0 Å². The van der Waals surface area contributed by atoms with Crippen LogP contribution in [0.5, 0.6) is 0 Å². The zero-order valence-corrected chi connectivity index (χ0v) is 11.9. The molecule has 0 aliphatic heterocycles. The van der Waals surface area contributed by atoms with Crippen molar-refractivity contribution in [1.29, 1.82) is 0 Å². The summed E-state index contributed by atoms with van der Waals surface area (Å²) in [6.07, 6.45) is 3.75. The van der Waals surface area contributed by atoms with Gasteiger partial charge in [0.1, 0.15) is 0 Å². The molecule has 0 atom stereocenters. The second kappa shape index (κ2) is 7.50. The highest BCUT2D eigenvalue weighted by Crippen LogP contribution is 2.13. The first-order chi connectivity index (χ1) is 8.17. The van der Waals surface area contributed by atoms with Crippen LogP contribution in [0.1, 0.15) is 43.4 Å². The normalized spacial score (nSPS) is 11.1. The van der Waals surface area contributed by atoms with E-state index in [-0.39, 0.29) is 0 Å². The minimum atomic E-state index is 1.18. The SMILES string of the molecule is CCCN(CC)CCCc1cc(C)ccc1C. The monoisotopic (exact) mass is 233 g/mol. The molecule has 0 radical (unpaired) electrons. The van der Waals surface area contributed by atoms with Crippen LogP contribution in [0.25, 0.3) is 0 Å². The smallest absolute Gasteiger partial charge is 0.00157 e. The van der Waals surface area contributed by atoms with Gasteiger partial charge in [0.05, 0.1) is 0 Å². The highest BCUT2D eigenvalue weighted by atomic mass is 15.1. The van der Waals surface area contributed by atoms with Gasteiger partial charge in [0.15, 0.2) is 0 Å². The molecule has 0 heterocycles. The summed E-state index contributed by atoms with van der Waals surface area (Å²) >= 11 is 0. The van der Waals surface area contributed by atoms with Crippen LogP contribution in [-0.2, 0) is 6.42 Å². The first-order valence-corrected chi connectivity index (χ1v) is 6.95. The molecule has 0 unspecified atom stereocenters. The van der Waals surface area contributed by atoms with Crippen molar-refractivity contribution in [3.05, 3.63) is 34.9 Å². The van der Waals surface area contributed by atoms with Crippen molar-refractivity contribution in [2.75, 3.05) is 19.6 Å². The van der Waals surface area contributed by atoms with Gasteiger partial charge in [0.25, 0.3) is 0 Å². The zero-order valence-electron chi connectivity index (χ0n) is 11.9. The van der Waals surface area contributed by atoms with Crippen molar-refractivity contribution in [1.82, 2.24) is 4.90 Å². The molecule has 0 aliphatic carbocycles. The maximum absolute atomic E-state index is 2.55. The molecule has 1 rings (SSSR count). The third-order valence-electron chi connectivity index (χ3n) is 3.41. The minimum absolute atomic E-state index is 1.18. The lowest BCUT2D eigenvalue weighted by Crippen LogP contribution is -2.25. The number of nitrogens with zero attached hydrogens (tertiary/aromatic N) is 1. The number of hydrogen-bond donors (Lipinski definition) is 0. The molecular formula is C16H27N. The predicted octanol–water partition coefficient (Wildman–Crippen LogP) is 3.97. The molecule has 1 aromatic rings. The Morgan fingerprint density at radius 2 is 1.82 bits per heavy atom. The zero-order chi connectivity index (χ0) is 12.7. The van der Waals surface area contributed by atoms with Gasteiger partial charge in [-0.1, -0.05) is 37.6 Å². The lowest BCUT2D eigenvalue weighted by molar-refractivity contribution is 0.285. The molecule has 0 spiro atoms. The molecule has 1 heteroatoms.